The average molecular weight is 145 g/mol. The van der Waals surface area contributed by atoms with Gasteiger partial charge in [-0.25, -0.2) is 0 Å². The van der Waals surface area contributed by atoms with Gasteiger partial charge in [0.25, 0.3) is 0 Å². The molecule has 1 heteroatoms. The Morgan fingerprint density at radius 2 is 1.67 bits per heavy atom. The minimum atomic E-state index is 0.000257. The summed E-state index contributed by atoms with van der Waals surface area (Å²) >= 11 is 0. The van der Waals surface area contributed by atoms with Gasteiger partial charge < -0.3 is 0 Å². The molecule has 0 aliphatic heterocycles. The van der Waals surface area contributed by atoms with Crippen molar-refractivity contribution >= 4 is 13.8 Å². The normalized spacial score (nSPS) is 17.2. The van der Waals surface area contributed by atoms with Crippen molar-refractivity contribution in [2.24, 2.45) is 5.41 Å². The van der Waals surface area contributed by atoms with Crippen LogP contribution in [0.1, 0.15) is 27.7 Å². The Morgan fingerprint density at radius 1 is 1.33 bits per heavy atom. The van der Waals surface area contributed by atoms with Crippen LogP contribution in [-0.2, 0) is 0 Å². The molecule has 0 saturated carbocycles. The van der Waals surface area contributed by atoms with Crippen molar-refractivity contribution in [3.05, 3.63) is 0 Å². The molecule has 9 heavy (non-hydrogen) atoms. The lowest BCUT2D eigenvalue weighted by Gasteiger charge is -2.20. The lowest BCUT2D eigenvalue weighted by atomic mass is 9.93. The van der Waals surface area contributed by atoms with E-state index >= 15 is 0 Å². The number of hydrogen-bond donors (Lipinski definition) is 0. The molecule has 0 aliphatic carbocycles. The number of hydrogen-bond acceptors (Lipinski definition) is 0. The molecule has 0 rings (SSSR count). The molecule has 0 N–H and O–H groups in total. The summed E-state index contributed by atoms with van der Waals surface area (Å²) < 4.78 is 0. The van der Waals surface area contributed by atoms with E-state index < -0.39 is 0 Å². The molecule has 0 bridgehead atoms. The van der Waals surface area contributed by atoms with Crippen LogP contribution >= 0.6 is 7.55 Å². The second-order valence-corrected chi connectivity index (χ2v) is 6.09. The molecular weight excluding hydrogens is 127 g/mol. The highest BCUT2D eigenvalue weighted by atomic mass is 31.1. The molecule has 0 saturated heterocycles. The minimum absolute atomic E-state index is 0.000257. The molecule has 2 atom stereocenters. The fourth-order valence-corrected chi connectivity index (χ4v) is 1.98. The first-order valence-electron chi connectivity index (χ1n) is 3.39. The van der Waals surface area contributed by atoms with Gasteiger partial charge in [-0.15, -0.1) is 0 Å². The van der Waals surface area contributed by atoms with Crippen molar-refractivity contribution in [2.75, 3.05) is 6.66 Å². The van der Waals surface area contributed by atoms with E-state index in [0.717, 1.165) is 5.66 Å². The third kappa shape index (κ3) is 3.01. The highest BCUT2D eigenvalue weighted by Gasteiger charge is 2.27. The van der Waals surface area contributed by atoms with Gasteiger partial charge in [-0.05, 0) is 6.92 Å². The topological polar surface area (TPSA) is 0 Å². The van der Waals surface area contributed by atoms with Crippen LogP contribution in [0.25, 0.3) is 0 Å². The minimum Gasteiger partial charge on any atom is -0.0560 e. The van der Waals surface area contributed by atoms with Gasteiger partial charge in [0, 0.05) is 5.41 Å². The zero-order valence-corrected chi connectivity index (χ0v) is 8.13. The lowest BCUT2D eigenvalue weighted by molar-refractivity contribution is 0.408. The van der Waals surface area contributed by atoms with E-state index in [1.54, 1.807) is 0 Å². The maximum Gasteiger partial charge on any atom is 0.117 e. The van der Waals surface area contributed by atoms with Crippen LogP contribution in [0.3, 0.4) is 0 Å². The van der Waals surface area contributed by atoms with Crippen LogP contribution in [0.4, 0.5) is 0 Å². The van der Waals surface area contributed by atoms with E-state index in [4.69, 9.17) is 0 Å². The van der Waals surface area contributed by atoms with E-state index in [0.29, 0.717) is 5.41 Å². The van der Waals surface area contributed by atoms with E-state index in [2.05, 4.69) is 40.7 Å². The summed E-state index contributed by atoms with van der Waals surface area (Å²) in [6.45, 7) is 11.4. The maximum atomic E-state index is 4.07. The van der Waals surface area contributed by atoms with Crippen LogP contribution in [-0.4, -0.2) is 18.6 Å². The highest BCUT2D eigenvalue weighted by molar-refractivity contribution is 7.55. The Balaban J connectivity index is 4.04. The van der Waals surface area contributed by atoms with Gasteiger partial charge in [-0.3, -0.25) is 0 Å². The van der Waals surface area contributed by atoms with Gasteiger partial charge in [-0.1, -0.05) is 20.8 Å². The zero-order valence-electron chi connectivity index (χ0n) is 7.23. The first kappa shape index (κ1) is 9.17. The molecule has 2 unspecified atom stereocenters. The molecule has 0 radical (unpaired) electrons. The van der Waals surface area contributed by atoms with Crippen LogP contribution in [0.15, 0.2) is 0 Å². The summed E-state index contributed by atoms with van der Waals surface area (Å²) in [7, 11) is 0.000257. The molecule has 54 valence electrons. The predicted molar refractivity (Wildman–Crippen MR) is 48.9 cm³/mol. The molecule has 0 aromatic carbocycles. The quantitative estimate of drug-likeness (QED) is 0.497. The smallest absolute Gasteiger partial charge is 0.0560 e. The Morgan fingerprint density at radius 3 is 1.67 bits per heavy atom. The summed E-state index contributed by atoms with van der Waals surface area (Å²) in [5.41, 5.74) is 1.22. The summed E-state index contributed by atoms with van der Waals surface area (Å²) in [5, 5.41) is 0. The molecule has 0 aliphatic rings. The standard InChI is InChI=1S/C8H18P/c1-7(9(5)6)8(2,3)4/h7H,5H2,1-4,6H3/q+1. The molecule has 0 fully saturated rings. The lowest BCUT2D eigenvalue weighted by Crippen LogP contribution is -2.18. The molecular formula is C8H18P+. The van der Waals surface area contributed by atoms with Gasteiger partial charge in [0.2, 0.25) is 0 Å². The Hall–Kier alpha value is 0.170. The second-order valence-electron chi connectivity index (χ2n) is 3.80. The fourth-order valence-electron chi connectivity index (χ4n) is 0.661. The summed E-state index contributed by atoms with van der Waals surface area (Å²) in [6.07, 6.45) is 4.07. The Labute approximate surface area is 60.1 Å². The van der Waals surface area contributed by atoms with Crippen molar-refractivity contribution in [3.63, 3.8) is 0 Å². The summed E-state index contributed by atoms with van der Waals surface area (Å²) in [6, 6.07) is 0. The van der Waals surface area contributed by atoms with E-state index in [9.17, 15) is 0 Å². The van der Waals surface area contributed by atoms with Crippen molar-refractivity contribution in [2.45, 2.75) is 33.4 Å². The van der Waals surface area contributed by atoms with Gasteiger partial charge in [0.05, 0.1) is 20.5 Å². The average Bonchev–Trinajstić information content (AvgIpc) is 1.62. The van der Waals surface area contributed by atoms with Gasteiger partial charge in [0.15, 0.2) is 0 Å². The van der Waals surface area contributed by atoms with Crippen molar-refractivity contribution in [1.82, 2.24) is 0 Å². The molecule has 0 heterocycles. The van der Waals surface area contributed by atoms with Crippen molar-refractivity contribution in [1.29, 1.82) is 0 Å². The van der Waals surface area contributed by atoms with Gasteiger partial charge in [0.1, 0.15) is 5.66 Å². The summed E-state index contributed by atoms with van der Waals surface area (Å²) in [4.78, 5) is 0. The monoisotopic (exact) mass is 145 g/mol. The largest absolute Gasteiger partial charge is 0.117 e. The molecule has 0 spiro atoms. The van der Waals surface area contributed by atoms with Crippen LogP contribution in [0.2, 0.25) is 0 Å². The molecule has 0 amide bonds. The Kier molecular flexibility index (Phi) is 2.89. The van der Waals surface area contributed by atoms with E-state index in [1.165, 1.54) is 0 Å². The van der Waals surface area contributed by atoms with Gasteiger partial charge in [-0.2, -0.15) is 0 Å². The summed E-state index contributed by atoms with van der Waals surface area (Å²) in [5.74, 6) is 0. The van der Waals surface area contributed by atoms with Crippen LogP contribution in [0.5, 0.6) is 0 Å². The second kappa shape index (κ2) is 2.84. The maximum absolute atomic E-state index is 4.07. The van der Waals surface area contributed by atoms with E-state index in [-0.39, 0.29) is 7.55 Å². The third-order valence-electron chi connectivity index (χ3n) is 1.91. The van der Waals surface area contributed by atoms with Crippen LogP contribution in [0, 0.1) is 5.41 Å². The predicted octanol–water partition coefficient (Wildman–Crippen LogP) is 2.96. The molecule has 0 aromatic rings. The van der Waals surface area contributed by atoms with Crippen molar-refractivity contribution < 1.29 is 0 Å². The SMILES string of the molecule is C=[P+](C)C(C)C(C)(C)C. The Bertz CT molecular complexity index is 108. The third-order valence-corrected chi connectivity index (χ3v) is 4.01. The van der Waals surface area contributed by atoms with Crippen molar-refractivity contribution in [3.8, 4) is 0 Å². The van der Waals surface area contributed by atoms with Crippen LogP contribution < -0.4 is 0 Å². The number of rotatable bonds is 1. The van der Waals surface area contributed by atoms with E-state index in [1.807, 2.05) is 0 Å². The molecule has 0 aromatic heterocycles. The zero-order chi connectivity index (χ0) is 7.65. The first-order valence-corrected chi connectivity index (χ1v) is 5.43. The molecule has 0 nitrogen and oxygen atoms in total. The fraction of sp³-hybridized carbons (Fsp3) is 0.875. The van der Waals surface area contributed by atoms with Gasteiger partial charge >= 0.3 is 0 Å². The highest BCUT2D eigenvalue weighted by Crippen LogP contribution is 2.36. The first-order chi connectivity index (χ1) is 3.85.